The Morgan fingerprint density at radius 2 is 2.11 bits per heavy atom. The van der Waals surface area contributed by atoms with Crippen LogP contribution in [0.15, 0.2) is 22.7 Å². The Morgan fingerprint density at radius 1 is 1.39 bits per heavy atom. The summed E-state index contributed by atoms with van der Waals surface area (Å²) in [7, 11) is 0. The number of aryl methyl sites for hydroxylation is 1. The molecule has 0 bridgehead atoms. The lowest BCUT2D eigenvalue weighted by molar-refractivity contribution is 0.348. The molecule has 2 N–H and O–H groups in total. The van der Waals surface area contributed by atoms with E-state index in [1.165, 1.54) is 6.07 Å². The quantitative estimate of drug-likeness (QED) is 0.910. The van der Waals surface area contributed by atoms with Gasteiger partial charge in [-0.15, -0.1) is 12.4 Å². The monoisotopic (exact) mass is 269 g/mol. The number of nitrogens with two attached hydrogens (primary N) is 1. The summed E-state index contributed by atoms with van der Waals surface area (Å²) in [5.74, 6) is 0.684. The van der Waals surface area contributed by atoms with Crippen LogP contribution in [0, 0.1) is 12.7 Å². The van der Waals surface area contributed by atoms with Crippen LogP contribution in [0.5, 0.6) is 0 Å². The van der Waals surface area contributed by atoms with E-state index >= 15 is 0 Å². The van der Waals surface area contributed by atoms with Crippen molar-refractivity contribution in [1.29, 1.82) is 0 Å². The molecule has 2 aromatic rings. The largest absolute Gasteiger partial charge is 0.337 e. The van der Waals surface area contributed by atoms with Crippen LogP contribution in [0.2, 0.25) is 0 Å². The van der Waals surface area contributed by atoms with Gasteiger partial charge in [0.15, 0.2) is 0 Å². The Bertz CT molecular complexity index is 580. The van der Waals surface area contributed by atoms with Gasteiger partial charge < -0.3 is 10.3 Å². The van der Waals surface area contributed by atoms with Gasteiger partial charge in [0.05, 0.1) is 5.54 Å². The maximum atomic E-state index is 13.1. The van der Waals surface area contributed by atoms with Crippen LogP contribution < -0.4 is 5.73 Å². The maximum Gasteiger partial charge on any atom is 0.247 e. The molecule has 1 aliphatic carbocycles. The first-order valence-corrected chi connectivity index (χ1v) is 5.48. The Kier molecular flexibility index (Phi) is 3.12. The minimum Gasteiger partial charge on any atom is -0.337 e. The van der Waals surface area contributed by atoms with E-state index in [2.05, 4.69) is 10.1 Å². The van der Waals surface area contributed by atoms with Gasteiger partial charge in [-0.25, -0.2) is 4.39 Å². The third kappa shape index (κ3) is 2.11. The van der Waals surface area contributed by atoms with E-state index in [0.717, 1.165) is 18.4 Å². The molecule has 0 radical (unpaired) electrons. The number of nitrogens with zero attached hydrogens (tertiary/aromatic N) is 2. The molecule has 4 nitrogen and oxygen atoms in total. The SMILES string of the molecule is Cc1cc(-c2noc(C3(N)CC3)n2)ccc1F.Cl. The molecule has 0 saturated heterocycles. The minimum atomic E-state index is -0.430. The second-order valence-electron chi connectivity index (χ2n) is 4.54. The molecule has 1 saturated carbocycles. The Labute approximate surface area is 110 Å². The van der Waals surface area contributed by atoms with Crippen molar-refractivity contribution in [2.45, 2.75) is 25.3 Å². The zero-order chi connectivity index (χ0) is 12.0. The summed E-state index contributed by atoms with van der Waals surface area (Å²) in [5, 5.41) is 3.88. The van der Waals surface area contributed by atoms with E-state index in [4.69, 9.17) is 10.3 Å². The van der Waals surface area contributed by atoms with Gasteiger partial charge in [0, 0.05) is 5.56 Å². The summed E-state index contributed by atoms with van der Waals surface area (Å²) in [6.45, 7) is 1.70. The molecule has 96 valence electrons. The maximum absolute atomic E-state index is 13.1. The smallest absolute Gasteiger partial charge is 0.247 e. The van der Waals surface area contributed by atoms with Crippen LogP contribution >= 0.6 is 12.4 Å². The van der Waals surface area contributed by atoms with Gasteiger partial charge in [0.1, 0.15) is 5.82 Å². The minimum absolute atomic E-state index is 0. The van der Waals surface area contributed by atoms with E-state index in [-0.39, 0.29) is 18.2 Å². The summed E-state index contributed by atoms with van der Waals surface area (Å²) >= 11 is 0. The molecule has 1 aliphatic rings. The predicted octanol–water partition coefficient (Wildman–Crippen LogP) is 2.55. The topological polar surface area (TPSA) is 64.9 Å². The van der Waals surface area contributed by atoms with Crippen molar-refractivity contribution in [2.24, 2.45) is 5.73 Å². The van der Waals surface area contributed by atoms with Crippen LogP contribution in [0.4, 0.5) is 4.39 Å². The van der Waals surface area contributed by atoms with Gasteiger partial charge in [0.2, 0.25) is 11.7 Å². The third-order valence-electron chi connectivity index (χ3n) is 3.06. The molecular formula is C12H13ClFN3O. The van der Waals surface area contributed by atoms with Gasteiger partial charge in [-0.1, -0.05) is 5.16 Å². The number of benzene rings is 1. The van der Waals surface area contributed by atoms with Gasteiger partial charge in [-0.2, -0.15) is 4.98 Å². The van der Waals surface area contributed by atoms with Crippen molar-refractivity contribution in [3.8, 4) is 11.4 Å². The molecule has 1 fully saturated rings. The summed E-state index contributed by atoms with van der Waals surface area (Å²) in [6.07, 6.45) is 1.74. The van der Waals surface area contributed by atoms with Crippen molar-refractivity contribution in [3.05, 3.63) is 35.5 Å². The summed E-state index contributed by atoms with van der Waals surface area (Å²) < 4.78 is 18.3. The van der Waals surface area contributed by atoms with Crippen molar-refractivity contribution < 1.29 is 8.91 Å². The Hall–Kier alpha value is -1.46. The highest BCUT2D eigenvalue weighted by Gasteiger charge is 2.45. The highest BCUT2D eigenvalue weighted by Crippen LogP contribution is 2.42. The standard InChI is InChI=1S/C12H12FN3O.ClH/c1-7-6-8(2-3-9(7)13)10-15-11(17-16-10)12(14)4-5-12;/h2-3,6H,4-5,14H2,1H3;1H. The fourth-order valence-corrected chi connectivity index (χ4v) is 1.68. The molecule has 1 aromatic heterocycles. The summed E-state index contributed by atoms with van der Waals surface area (Å²) in [6, 6.07) is 4.73. The van der Waals surface area contributed by atoms with Gasteiger partial charge in [0.25, 0.3) is 0 Å². The van der Waals surface area contributed by atoms with Gasteiger partial charge >= 0.3 is 0 Å². The second kappa shape index (κ2) is 4.33. The second-order valence-corrected chi connectivity index (χ2v) is 4.54. The Morgan fingerprint density at radius 3 is 2.72 bits per heavy atom. The molecular weight excluding hydrogens is 257 g/mol. The number of hydrogen-bond donors (Lipinski definition) is 1. The van der Waals surface area contributed by atoms with Gasteiger partial charge in [-0.3, -0.25) is 0 Å². The molecule has 0 atom stereocenters. The van der Waals surface area contributed by atoms with E-state index < -0.39 is 5.54 Å². The van der Waals surface area contributed by atoms with Crippen molar-refractivity contribution in [3.63, 3.8) is 0 Å². The number of rotatable bonds is 2. The fourth-order valence-electron chi connectivity index (χ4n) is 1.68. The van der Waals surface area contributed by atoms with Crippen molar-refractivity contribution in [2.75, 3.05) is 0 Å². The zero-order valence-electron chi connectivity index (χ0n) is 9.81. The fraction of sp³-hybridized carbons (Fsp3) is 0.333. The van der Waals surface area contributed by atoms with Crippen LogP contribution in [-0.2, 0) is 5.54 Å². The number of hydrogen-bond acceptors (Lipinski definition) is 4. The van der Waals surface area contributed by atoms with Crippen LogP contribution in [0.1, 0.15) is 24.3 Å². The van der Waals surface area contributed by atoms with E-state index in [9.17, 15) is 4.39 Å². The average molecular weight is 270 g/mol. The van der Waals surface area contributed by atoms with Crippen LogP contribution in [0.3, 0.4) is 0 Å². The lowest BCUT2D eigenvalue weighted by atomic mass is 10.1. The van der Waals surface area contributed by atoms with Crippen molar-refractivity contribution >= 4 is 12.4 Å². The predicted molar refractivity (Wildman–Crippen MR) is 66.8 cm³/mol. The molecule has 1 aromatic carbocycles. The van der Waals surface area contributed by atoms with E-state index in [1.54, 1.807) is 19.1 Å². The lowest BCUT2D eigenvalue weighted by Crippen LogP contribution is -2.18. The summed E-state index contributed by atoms with van der Waals surface area (Å²) in [5.41, 5.74) is 6.82. The van der Waals surface area contributed by atoms with Crippen LogP contribution in [0.25, 0.3) is 11.4 Å². The van der Waals surface area contributed by atoms with Crippen molar-refractivity contribution in [1.82, 2.24) is 10.1 Å². The molecule has 0 amide bonds. The first kappa shape index (κ1) is 13.0. The first-order chi connectivity index (χ1) is 8.08. The molecule has 0 unspecified atom stereocenters. The molecule has 6 heteroatoms. The molecule has 1 heterocycles. The van der Waals surface area contributed by atoms with Crippen LogP contribution in [-0.4, -0.2) is 10.1 Å². The molecule has 0 spiro atoms. The highest BCUT2D eigenvalue weighted by atomic mass is 35.5. The lowest BCUT2D eigenvalue weighted by Gasteiger charge is -1.99. The molecule has 3 rings (SSSR count). The highest BCUT2D eigenvalue weighted by molar-refractivity contribution is 5.85. The molecule has 18 heavy (non-hydrogen) atoms. The zero-order valence-corrected chi connectivity index (χ0v) is 10.6. The van der Waals surface area contributed by atoms with Gasteiger partial charge in [-0.05, 0) is 43.5 Å². The first-order valence-electron chi connectivity index (χ1n) is 5.48. The number of aromatic nitrogens is 2. The number of halogens is 2. The van der Waals surface area contributed by atoms with E-state index in [1.807, 2.05) is 0 Å². The average Bonchev–Trinajstić information content (AvgIpc) is 2.88. The third-order valence-corrected chi connectivity index (χ3v) is 3.06. The molecule has 0 aliphatic heterocycles. The van der Waals surface area contributed by atoms with E-state index in [0.29, 0.717) is 17.3 Å². The Balaban J connectivity index is 0.00000120. The summed E-state index contributed by atoms with van der Waals surface area (Å²) in [4.78, 5) is 4.26. The normalized spacial score (nSPS) is 16.2.